The summed E-state index contributed by atoms with van der Waals surface area (Å²) in [4.78, 5) is 151. The van der Waals surface area contributed by atoms with Crippen molar-refractivity contribution in [1.29, 1.82) is 0 Å². The number of aromatic amines is 5. The number of hydrogen-bond acceptors (Lipinski definition) is 19. The van der Waals surface area contributed by atoms with Gasteiger partial charge in [-0.05, 0) is 154 Å². The Morgan fingerprint density at radius 3 is 1.08 bits per heavy atom. The van der Waals surface area contributed by atoms with Crippen molar-refractivity contribution in [3.63, 3.8) is 0 Å². The number of piperidine rings is 2. The third-order valence-corrected chi connectivity index (χ3v) is 13.5. The predicted molar refractivity (Wildman–Crippen MR) is 378 cm³/mol. The van der Waals surface area contributed by atoms with E-state index in [1.807, 2.05) is 11.1 Å². The number of nitrogens with zero attached hydrogens (tertiary/aromatic N) is 2. The number of nitrogens with one attached hydrogen (secondary N) is 19. The fraction of sp³-hybridized carbons (Fsp3) is 0.585. The van der Waals surface area contributed by atoms with Crippen LogP contribution in [0.3, 0.4) is 0 Å². The van der Waals surface area contributed by atoms with Crippen LogP contribution < -0.4 is 102 Å². The predicted octanol–water partition coefficient (Wildman–Crippen LogP) is 0.321. The van der Waals surface area contributed by atoms with Crippen LogP contribution in [0.15, 0.2) is 110 Å². The van der Waals surface area contributed by atoms with Crippen molar-refractivity contribution in [1.82, 2.24) is 109 Å². The Labute approximate surface area is 577 Å². The number of pyridine rings is 1. The van der Waals surface area contributed by atoms with Crippen LogP contribution in [0, 0.1) is 0 Å². The Hall–Kier alpha value is -9.67. The minimum atomic E-state index is -0.475. The number of carbonyl (C=O) groups excluding carboxylic acids is 8. The fourth-order valence-corrected chi connectivity index (χ4v) is 7.86. The van der Waals surface area contributed by atoms with Gasteiger partial charge in [0.15, 0.2) is 0 Å². The summed E-state index contributed by atoms with van der Waals surface area (Å²) in [6.45, 7) is 16.3. The Balaban J connectivity index is 0.000000532. The quantitative estimate of drug-likeness (QED) is 0.105. The van der Waals surface area contributed by atoms with Crippen molar-refractivity contribution in [2.45, 2.75) is 141 Å². The summed E-state index contributed by atoms with van der Waals surface area (Å²) in [5.41, 5.74) is -1.38. The van der Waals surface area contributed by atoms with Crippen LogP contribution in [0.5, 0.6) is 0 Å². The number of β-lactam (4-membered cyclic amide) rings is 1. The number of rotatable bonds is 0. The molecule has 0 bridgehead atoms. The van der Waals surface area contributed by atoms with E-state index in [4.69, 9.17) is 0 Å². The largest absolute Gasteiger partial charge is 0.356 e. The number of carbonyl (C=O) groups is 8. The molecule has 11 aliphatic rings. The highest BCUT2D eigenvalue weighted by molar-refractivity contribution is 5.96. The van der Waals surface area contributed by atoms with Gasteiger partial charge in [-0.2, -0.15) is 0 Å². The maximum Gasteiger partial charge on any atom is 0.344 e. The Morgan fingerprint density at radius 1 is 0.313 bits per heavy atom. The van der Waals surface area contributed by atoms with Crippen molar-refractivity contribution in [3.05, 3.63) is 138 Å². The maximum atomic E-state index is 10.6. The second kappa shape index (κ2) is 64.3. The van der Waals surface area contributed by atoms with E-state index in [0.29, 0.717) is 19.5 Å². The molecule has 0 radical (unpaired) electrons. The number of aromatic nitrogens is 7. The molecule has 0 aliphatic carbocycles. The van der Waals surface area contributed by atoms with Gasteiger partial charge in [-0.3, -0.25) is 53.6 Å². The maximum absolute atomic E-state index is 10.6. The Morgan fingerprint density at radius 2 is 0.778 bits per heavy atom. The molecular weight excluding hydrogens is 1280 g/mol. The molecule has 15 rings (SSSR count). The smallest absolute Gasteiger partial charge is 0.344 e. The summed E-state index contributed by atoms with van der Waals surface area (Å²) >= 11 is 0. The third kappa shape index (κ3) is 62.9. The number of amides is 11. The SMILES string of the molecule is C1CCCNCC1.C1CCNC1.C1CCNCC1.C1CNC1.O=C1CCCCCN1.O=C1CCCCN1.O=C1CCCN1.O=C1CCN1.O=C1CCNC(=O)N1.O=C1NC=CCN1.O=C1NCCCN1.O=c1cc[nH]c(=O)[nH]1.O=c1cccc[nH]1.O=c1cncc[nH]1.O=c1nccc[nH]1. The second-order valence-corrected chi connectivity index (χ2v) is 22.1. The van der Waals surface area contributed by atoms with Gasteiger partial charge in [0.2, 0.25) is 35.1 Å². The van der Waals surface area contributed by atoms with Crippen molar-refractivity contribution in [3.8, 4) is 0 Å². The molecule has 10 saturated heterocycles. The van der Waals surface area contributed by atoms with Gasteiger partial charge >= 0.3 is 29.5 Å². The van der Waals surface area contributed by atoms with Gasteiger partial charge in [0.05, 0.1) is 6.20 Å². The van der Waals surface area contributed by atoms with Gasteiger partial charge in [0, 0.05) is 140 Å². The lowest BCUT2D eigenvalue weighted by molar-refractivity contribution is -0.125. The molecule has 34 nitrogen and oxygen atoms in total. The van der Waals surface area contributed by atoms with Crippen molar-refractivity contribution in [2.75, 3.05) is 105 Å². The van der Waals surface area contributed by atoms with E-state index in [2.05, 4.69) is 104 Å². The zero-order chi connectivity index (χ0) is 72.1. The molecule has 0 spiro atoms. The summed E-state index contributed by atoms with van der Waals surface area (Å²) in [6, 6.07) is 7.28. The van der Waals surface area contributed by atoms with Crippen LogP contribution in [0.1, 0.15) is 141 Å². The molecule has 4 aromatic rings. The molecule has 34 heteroatoms. The van der Waals surface area contributed by atoms with Crippen molar-refractivity contribution < 1.29 is 38.4 Å². The molecule has 11 amide bonds. The molecule has 99 heavy (non-hydrogen) atoms. The molecule has 4 aromatic heterocycles. The molecular formula is C65H109N21O13. The van der Waals surface area contributed by atoms with Gasteiger partial charge in [0.25, 0.3) is 11.1 Å². The van der Waals surface area contributed by atoms with Gasteiger partial charge < -0.3 is 89.1 Å². The van der Waals surface area contributed by atoms with Crippen LogP contribution in [-0.2, 0) is 24.0 Å². The lowest BCUT2D eigenvalue weighted by Crippen LogP contribution is -2.46. The molecule has 0 atom stereocenters. The van der Waals surface area contributed by atoms with E-state index in [9.17, 15) is 62.3 Å². The highest BCUT2D eigenvalue weighted by atomic mass is 16.2. The first-order chi connectivity index (χ1) is 48.1. The van der Waals surface area contributed by atoms with Gasteiger partial charge in [0.1, 0.15) is 0 Å². The van der Waals surface area contributed by atoms with E-state index in [1.54, 1.807) is 30.6 Å². The van der Waals surface area contributed by atoms with E-state index >= 15 is 0 Å². The zero-order valence-electron chi connectivity index (χ0n) is 57.2. The average molecular weight is 1390 g/mol. The highest BCUT2D eigenvalue weighted by Crippen LogP contribution is 2.03. The van der Waals surface area contributed by atoms with Gasteiger partial charge in [-0.25, -0.2) is 29.0 Å². The third-order valence-electron chi connectivity index (χ3n) is 13.5. The van der Waals surface area contributed by atoms with E-state index in [0.717, 1.165) is 103 Å². The summed E-state index contributed by atoms with van der Waals surface area (Å²) in [7, 11) is 0. The molecule has 0 aromatic carbocycles. The molecule has 0 unspecified atom stereocenters. The number of hydrogen-bond donors (Lipinski definition) is 19. The first kappa shape index (κ1) is 87.3. The van der Waals surface area contributed by atoms with E-state index < -0.39 is 5.69 Å². The summed E-state index contributed by atoms with van der Waals surface area (Å²) in [6.07, 6.45) is 38.7. The lowest BCUT2D eigenvalue weighted by Gasteiger charge is -2.11. The molecule has 10 fully saturated rings. The Kier molecular flexibility index (Phi) is 56.8. The van der Waals surface area contributed by atoms with E-state index in [-0.39, 0.29) is 70.0 Å². The minimum absolute atomic E-state index is 0.0359. The second-order valence-electron chi connectivity index (χ2n) is 22.1. The molecule has 11 aliphatic heterocycles. The first-order valence-corrected chi connectivity index (χ1v) is 34.2. The van der Waals surface area contributed by atoms with Crippen LogP contribution in [0.25, 0.3) is 0 Å². The van der Waals surface area contributed by atoms with Crippen LogP contribution in [-0.4, -0.2) is 187 Å². The summed E-state index contributed by atoms with van der Waals surface area (Å²) in [5, 5.41) is 38.6. The molecule has 0 saturated carbocycles. The molecule has 552 valence electrons. The van der Waals surface area contributed by atoms with Crippen LogP contribution in [0.4, 0.5) is 14.4 Å². The molecule has 15 heterocycles. The lowest BCUT2D eigenvalue weighted by atomic mass is 10.2. The van der Waals surface area contributed by atoms with Crippen molar-refractivity contribution in [2.24, 2.45) is 0 Å². The first-order valence-electron chi connectivity index (χ1n) is 34.2. The normalized spacial score (nSPS) is 17.7. The highest BCUT2D eigenvalue weighted by Gasteiger charge is 2.12. The fourth-order valence-electron chi connectivity index (χ4n) is 7.86. The van der Waals surface area contributed by atoms with Crippen LogP contribution in [0.2, 0.25) is 0 Å². The monoisotopic (exact) mass is 1390 g/mol. The summed E-state index contributed by atoms with van der Waals surface area (Å²) in [5.74, 6) is 0.627. The van der Waals surface area contributed by atoms with Crippen molar-refractivity contribution >= 4 is 47.6 Å². The number of H-pyrrole nitrogens is 5. The number of imide groups is 1. The Bertz CT molecular complexity index is 2790. The molecule has 19 N–H and O–H groups in total. The van der Waals surface area contributed by atoms with Gasteiger partial charge in [-0.1, -0.05) is 31.7 Å². The number of urea groups is 3. The van der Waals surface area contributed by atoms with Gasteiger partial charge in [-0.15, -0.1) is 0 Å². The minimum Gasteiger partial charge on any atom is -0.356 e. The summed E-state index contributed by atoms with van der Waals surface area (Å²) < 4.78 is 0. The topological polar surface area (TPSA) is 495 Å². The van der Waals surface area contributed by atoms with E-state index in [1.165, 1.54) is 172 Å². The zero-order valence-corrected chi connectivity index (χ0v) is 57.2. The average Bonchev–Trinajstić information content (AvgIpc) is 3.84. The standard InChI is InChI=1S/C6H11NO.C6H13N.C5H9NO.C5H5NO.C5H11N.C4H6N2O2.C4H4N2O2.C4H4N2O.C4H8N2O.C4H6N2O.C4H4N2O.C4H7NO.C4H9N.C3H5NO.C3H7N/c8-6-4-2-1-3-5-7-6;1-2-4-6-7-5-3-1;2*7-5-3-1-2-4-6-5;1-2-4-6-5-3-1;2*7-3-1-2-5-4(8)6-3;7-4-3-5-1-2-6-4;3*7-4-5-2-1-3-6-4;6-4-2-1-3-5-4;1-2-4-5-3-1;5-3-1-2-4-3;1-2-4-3-1/h1-5H2,(H,7,8);7H,1-6H2;1-4H2,(H,6,7);1-4H,(H,6,7);6H,1-5H2;1-2H2,(H2,5,6,7,8);1-2H,(H2,5,6,7,8);1-3H,(H,6,7);1-3H2,(H2,5,6,7);1-2H,3H2,(H2,5,6,7);1-3H,(H,5,6,7);1-3H2,(H,5,6);5H,1-4H2;1-2H2,(H,4,5);4H,1-3H2. The van der Waals surface area contributed by atoms with Crippen LogP contribution >= 0.6 is 0 Å².